The van der Waals surface area contributed by atoms with Gasteiger partial charge in [-0.1, -0.05) is 71.9 Å². The Hall–Kier alpha value is -4.04. The Morgan fingerprint density at radius 3 is 1.53 bits per heavy atom. The molecule has 298 valence electrons. The van der Waals surface area contributed by atoms with E-state index >= 15 is 0 Å². The number of carbonyl (C=O) groups excluding carboxylic acids is 5. The van der Waals surface area contributed by atoms with Crippen molar-refractivity contribution in [3.8, 4) is 0 Å². The molecule has 5 N–H and O–H groups in total. The van der Waals surface area contributed by atoms with Gasteiger partial charge < -0.3 is 31.1 Å². The number of rotatable bonds is 18. The van der Waals surface area contributed by atoms with Gasteiger partial charge in [-0.2, -0.15) is 0 Å². The quantitative estimate of drug-likeness (QED) is 0.140. The van der Waals surface area contributed by atoms with Crippen molar-refractivity contribution in [3.63, 3.8) is 0 Å². The molecule has 0 aliphatic carbocycles. The second-order valence-electron chi connectivity index (χ2n) is 16.2. The number of amides is 4. The van der Waals surface area contributed by atoms with Crippen LogP contribution in [0.2, 0.25) is 0 Å². The summed E-state index contributed by atoms with van der Waals surface area (Å²) < 4.78 is 5.17. The molecule has 0 aromatic heterocycles. The number of hydrogen-bond donors (Lipinski definition) is 5. The van der Waals surface area contributed by atoms with E-state index in [0.717, 1.165) is 57.4 Å². The number of ether oxygens (including phenoxy) is 1. The van der Waals surface area contributed by atoms with Crippen molar-refractivity contribution < 1.29 is 38.6 Å². The highest BCUT2D eigenvalue weighted by molar-refractivity contribution is 5.84. The van der Waals surface area contributed by atoms with Crippen LogP contribution in [-0.2, 0) is 40.1 Å². The van der Waals surface area contributed by atoms with Gasteiger partial charge >= 0.3 is 11.9 Å². The molecular formula is C39H64N6O8. The fourth-order valence-corrected chi connectivity index (χ4v) is 6.28. The van der Waals surface area contributed by atoms with Crippen LogP contribution in [0.15, 0.2) is 30.3 Å². The number of benzene rings is 1. The van der Waals surface area contributed by atoms with Crippen LogP contribution in [0.3, 0.4) is 0 Å². The molecule has 2 saturated heterocycles. The van der Waals surface area contributed by atoms with Gasteiger partial charge in [0.1, 0.15) is 6.61 Å². The molecule has 2 fully saturated rings. The van der Waals surface area contributed by atoms with Gasteiger partial charge in [0.05, 0.1) is 24.9 Å². The summed E-state index contributed by atoms with van der Waals surface area (Å²) in [7, 11) is 0. The Balaban J connectivity index is 0.000000381. The highest BCUT2D eigenvalue weighted by Crippen LogP contribution is 2.25. The van der Waals surface area contributed by atoms with Gasteiger partial charge in [-0.05, 0) is 55.2 Å². The predicted molar refractivity (Wildman–Crippen MR) is 202 cm³/mol. The SMILES string of the molecule is CC(C)(C)CN1CCCC1C(=O)NCCC(=O)NCCC(=O)O.CC(C)(C)CN1CCCC1C(=O)NCCC(=O)NCCC(=O)OCc1ccccc1. The number of nitrogens with one attached hydrogen (secondary N) is 4. The summed E-state index contributed by atoms with van der Waals surface area (Å²) in [6.07, 6.45) is 4.13. The molecule has 14 heteroatoms. The molecule has 3 rings (SSSR count). The van der Waals surface area contributed by atoms with E-state index in [4.69, 9.17) is 9.84 Å². The summed E-state index contributed by atoms with van der Waals surface area (Å²) in [6.45, 7) is 17.7. The summed E-state index contributed by atoms with van der Waals surface area (Å²) in [4.78, 5) is 74.7. The average molecular weight is 745 g/mol. The van der Waals surface area contributed by atoms with Gasteiger partial charge in [0.15, 0.2) is 0 Å². The van der Waals surface area contributed by atoms with E-state index in [-0.39, 0.29) is 104 Å². The zero-order chi connectivity index (χ0) is 39.4. The average Bonchev–Trinajstić information content (AvgIpc) is 3.72. The number of aliphatic carboxylic acids is 1. The molecule has 0 spiro atoms. The zero-order valence-corrected chi connectivity index (χ0v) is 32.8. The number of nitrogens with zero attached hydrogens (tertiary/aromatic N) is 2. The molecule has 2 unspecified atom stereocenters. The highest BCUT2D eigenvalue weighted by atomic mass is 16.5. The monoisotopic (exact) mass is 744 g/mol. The fraction of sp³-hybridized carbons (Fsp3) is 0.692. The van der Waals surface area contributed by atoms with Crippen LogP contribution in [0.25, 0.3) is 0 Å². The topological polar surface area (TPSA) is 186 Å². The Labute approximate surface area is 315 Å². The standard InChI is InChI=1S/C23H35N3O4.C16H29N3O4/c1-23(2,3)17-26-15-7-10-19(26)22(29)25-13-11-20(27)24-14-12-21(28)30-16-18-8-5-4-6-9-18;1-16(2,3)11-19-10-4-5-12(19)15(23)18-8-6-13(20)17-9-7-14(21)22/h4-6,8-9,19H,7,10-17H2,1-3H3,(H,24,27)(H,25,29);12H,4-11H2,1-3H3,(H,17,20)(H,18,23)(H,21,22). The van der Waals surface area contributed by atoms with Gasteiger partial charge in [0.2, 0.25) is 23.6 Å². The smallest absolute Gasteiger partial charge is 0.307 e. The third-order valence-corrected chi connectivity index (χ3v) is 8.55. The Morgan fingerprint density at radius 1 is 0.660 bits per heavy atom. The lowest BCUT2D eigenvalue weighted by atomic mass is 9.95. The van der Waals surface area contributed by atoms with Crippen LogP contribution in [0.5, 0.6) is 0 Å². The van der Waals surface area contributed by atoms with Gasteiger partial charge in [-0.15, -0.1) is 0 Å². The van der Waals surface area contributed by atoms with E-state index in [1.807, 2.05) is 30.3 Å². The third-order valence-electron chi connectivity index (χ3n) is 8.55. The second-order valence-corrected chi connectivity index (χ2v) is 16.2. The van der Waals surface area contributed by atoms with Crippen LogP contribution in [0.1, 0.15) is 98.5 Å². The summed E-state index contributed by atoms with van der Waals surface area (Å²) in [5, 5.41) is 19.4. The van der Waals surface area contributed by atoms with E-state index in [9.17, 15) is 28.8 Å². The number of esters is 1. The number of carboxylic acid groups (broad SMARTS) is 1. The molecule has 0 saturated carbocycles. The van der Waals surface area contributed by atoms with E-state index in [0.29, 0.717) is 6.54 Å². The number of hydrogen-bond acceptors (Lipinski definition) is 9. The van der Waals surface area contributed by atoms with E-state index in [1.54, 1.807) is 0 Å². The summed E-state index contributed by atoms with van der Waals surface area (Å²) in [6, 6.07) is 9.23. The molecule has 1 aromatic carbocycles. The Bertz CT molecular complexity index is 1330. The van der Waals surface area contributed by atoms with E-state index in [2.05, 4.69) is 72.6 Å². The van der Waals surface area contributed by atoms with Crippen molar-refractivity contribution in [2.24, 2.45) is 10.8 Å². The lowest BCUT2D eigenvalue weighted by Gasteiger charge is -2.30. The molecule has 0 bridgehead atoms. The molecule has 4 amide bonds. The molecule has 14 nitrogen and oxygen atoms in total. The van der Waals surface area contributed by atoms with Crippen molar-refractivity contribution in [3.05, 3.63) is 35.9 Å². The molecule has 2 atom stereocenters. The minimum atomic E-state index is -0.946. The molecular weight excluding hydrogens is 680 g/mol. The molecule has 1 aromatic rings. The summed E-state index contributed by atoms with van der Waals surface area (Å²) in [5.41, 5.74) is 1.21. The third kappa shape index (κ3) is 20.1. The van der Waals surface area contributed by atoms with Gasteiger partial charge in [-0.3, -0.25) is 38.6 Å². The van der Waals surface area contributed by atoms with Crippen LogP contribution in [-0.4, -0.2) is 115 Å². The van der Waals surface area contributed by atoms with Gasteiger partial charge in [0, 0.05) is 52.1 Å². The normalized spacial score (nSPS) is 17.6. The highest BCUT2D eigenvalue weighted by Gasteiger charge is 2.34. The maximum Gasteiger partial charge on any atom is 0.307 e. The molecule has 2 heterocycles. The molecule has 0 radical (unpaired) electrons. The van der Waals surface area contributed by atoms with E-state index in [1.165, 1.54) is 0 Å². The number of carbonyl (C=O) groups is 6. The van der Waals surface area contributed by atoms with Crippen LogP contribution < -0.4 is 21.3 Å². The molecule has 2 aliphatic heterocycles. The van der Waals surface area contributed by atoms with Gasteiger partial charge in [0.25, 0.3) is 0 Å². The predicted octanol–water partition coefficient (Wildman–Crippen LogP) is 2.85. The lowest BCUT2D eigenvalue weighted by Crippen LogP contribution is -2.46. The maximum atomic E-state index is 12.5. The maximum absolute atomic E-state index is 12.5. The fourth-order valence-electron chi connectivity index (χ4n) is 6.28. The van der Waals surface area contributed by atoms with Crippen molar-refractivity contribution in [1.29, 1.82) is 0 Å². The first-order chi connectivity index (χ1) is 24.9. The molecule has 53 heavy (non-hydrogen) atoms. The minimum Gasteiger partial charge on any atom is -0.481 e. The van der Waals surface area contributed by atoms with Crippen molar-refractivity contribution in [2.45, 2.75) is 112 Å². The summed E-state index contributed by atoms with van der Waals surface area (Å²) >= 11 is 0. The Morgan fingerprint density at radius 2 is 1.09 bits per heavy atom. The largest absolute Gasteiger partial charge is 0.481 e. The lowest BCUT2D eigenvalue weighted by molar-refractivity contribution is -0.145. The summed E-state index contributed by atoms with van der Waals surface area (Å²) in [5.74, 6) is -1.76. The van der Waals surface area contributed by atoms with Crippen molar-refractivity contribution in [2.75, 3.05) is 52.4 Å². The first-order valence-corrected chi connectivity index (χ1v) is 18.9. The van der Waals surface area contributed by atoms with Gasteiger partial charge in [-0.25, -0.2) is 0 Å². The minimum absolute atomic E-state index is 0.00552. The van der Waals surface area contributed by atoms with Crippen LogP contribution in [0, 0.1) is 10.8 Å². The van der Waals surface area contributed by atoms with E-state index < -0.39 is 5.97 Å². The molecule has 2 aliphatic rings. The van der Waals surface area contributed by atoms with Crippen LogP contribution >= 0.6 is 0 Å². The van der Waals surface area contributed by atoms with Crippen molar-refractivity contribution >= 4 is 35.6 Å². The number of likely N-dealkylation sites (tertiary alicyclic amines) is 2. The first kappa shape index (κ1) is 45.1. The zero-order valence-electron chi connectivity index (χ0n) is 32.8. The first-order valence-electron chi connectivity index (χ1n) is 18.9. The number of carboxylic acids is 1. The van der Waals surface area contributed by atoms with Crippen molar-refractivity contribution in [1.82, 2.24) is 31.1 Å². The van der Waals surface area contributed by atoms with Crippen LogP contribution in [0.4, 0.5) is 0 Å². The Kier molecular flexibility index (Phi) is 19.5. The second kappa shape index (κ2) is 22.9.